The third-order valence-electron chi connectivity index (χ3n) is 14.6. The first-order valence-electron chi connectivity index (χ1n) is 31.9. The molecule has 0 spiro atoms. The van der Waals surface area contributed by atoms with Gasteiger partial charge in [0.1, 0.15) is 24.4 Å². The Morgan fingerprint density at radius 1 is 0.513 bits per heavy atom. The van der Waals surface area contributed by atoms with Gasteiger partial charge in [-0.2, -0.15) is 0 Å². The number of aliphatic hydroxyl groups is 5. The van der Waals surface area contributed by atoms with Crippen LogP contribution in [0.25, 0.3) is 0 Å². The molecule has 11 nitrogen and oxygen atoms in total. The summed E-state index contributed by atoms with van der Waals surface area (Å²) in [7, 11) is 0. The first-order valence-corrected chi connectivity index (χ1v) is 31.9. The summed E-state index contributed by atoms with van der Waals surface area (Å²) in [5.74, 6) is -1.21. The van der Waals surface area contributed by atoms with E-state index in [2.05, 4.69) is 99.0 Å². The Kier molecular flexibility index (Phi) is 50.8. The van der Waals surface area contributed by atoms with E-state index in [1.165, 1.54) is 109 Å². The normalized spacial score (nSPS) is 19.5. The van der Waals surface area contributed by atoms with Crippen LogP contribution in [0.1, 0.15) is 265 Å². The van der Waals surface area contributed by atoms with Crippen molar-refractivity contribution in [1.29, 1.82) is 0 Å². The summed E-state index contributed by atoms with van der Waals surface area (Å²) in [6.07, 6.45) is 60.5. The van der Waals surface area contributed by atoms with E-state index in [0.29, 0.717) is 12.8 Å². The summed E-state index contributed by atoms with van der Waals surface area (Å²) < 4.78 is 17.6. The number of rotatable bonds is 53. The van der Waals surface area contributed by atoms with E-state index in [1.54, 1.807) is 6.08 Å². The van der Waals surface area contributed by atoms with Crippen LogP contribution in [0.5, 0.6) is 0 Å². The average molecular weight is 1100 g/mol. The van der Waals surface area contributed by atoms with Crippen molar-refractivity contribution in [3.8, 4) is 0 Å². The zero-order valence-electron chi connectivity index (χ0n) is 49.8. The Labute approximate surface area is 476 Å². The fourth-order valence-corrected chi connectivity index (χ4v) is 9.54. The van der Waals surface area contributed by atoms with Gasteiger partial charge in [-0.1, -0.05) is 266 Å². The molecule has 11 heteroatoms. The lowest BCUT2D eigenvalue weighted by Gasteiger charge is -2.41. The maximum absolute atomic E-state index is 13.4. The predicted molar refractivity (Wildman–Crippen MR) is 324 cm³/mol. The first kappa shape index (κ1) is 72.9. The second kappa shape index (κ2) is 54.4. The zero-order chi connectivity index (χ0) is 56.8. The Morgan fingerprint density at radius 3 is 1.38 bits per heavy atom. The zero-order valence-corrected chi connectivity index (χ0v) is 49.8. The van der Waals surface area contributed by atoms with Crippen molar-refractivity contribution in [3.63, 3.8) is 0 Å². The number of hydrogen-bond donors (Lipinski definition) is 6. The highest BCUT2D eigenvalue weighted by Crippen LogP contribution is 2.26. The molecule has 1 aliphatic rings. The number of ether oxygens (including phenoxy) is 3. The van der Waals surface area contributed by atoms with Crippen LogP contribution in [-0.4, -0.2) is 99.6 Å². The van der Waals surface area contributed by atoms with Gasteiger partial charge in [0, 0.05) is 6.42 Å². The Morgan fingerprint density at radius 2 is 0.923 bits per heavy atom. The van der Waals surface area contributed by atoms with Crippen molar-refractivity contribution < 1.29 is 49.3 Å². The standard InChI is InChI=1S/C67H117NO10/c1-4-7-10-13-16-19-22-24-26-27-28-29-30-31-32-33-34-35-36-39-42-45-48-51-54-60(71)66(75)68-58(59(70)53-50-47-44-41-38-21-18-15-12-9-6-3)57-76-67-65(64(74)63(73)61(56-69)77-67)78-62(72)55-52-49-46-43-40-37-25-23-20-17-14-11-8-5-2/h7,10,16,19,24,26,28-29,31-32,34-35,50,53,58-61,63-65,67,69-71,73-74H,4-6,8-9,11-15,17-18,20-23,25,27,30,33,36-49,51-52,54-57H2,1-3H3,(H,68,75)/b10-7-,19-16-,26-24-,29-28-,32-31-,35-34-,53-50+. The maximum Gasteiger partial charge on any atom is 0.306 e. The van der Waals surface area contributed by atoms with Gasteiger partial charge in [0.2, 0.25) is 5.91 Å². The first-order chi connectivity index (χ1) is 38.2. The monoisotopic (exact) mass is 1100 g/mol. The number of aliphatic hydroxyl groups excluding tert-OH is 5. The van der Waals surface area contributed by atoms with Gasteiger partial charge in [0.15, 0.2) is 12.4 Å². The van der Waals surface area contributed by atoms with Gasteiger partial charge in [-0.25, -0.2) is 0 Å². The van der Waals surface area contributed by atoms with Crippen LogP contribution in [0, 0.1) is 0 Å². The highest BCUT2D eigenvalue weighted by molar-refractivity contribution is 5.80. The van der Waals surface area contributed by atoms with Gasteiger partial charge in [0.05, 0.1) is 25.4 Å². The van der Waals surface area contributed by atoms with Crippen LogP contribution in [-0.2, 0) is 23.8 Å². The number of hydrogen-bond acceptors (Lipinski definition) is 10. The predicted octanol–water partition coefficient (Wildman–Crippen LogP) is 15.3. The molecular formula is C67H117NO10. The molecule has 8 atom stereocenters. The number of allylic oxidation sites excluding steroid dienone is 13. The molecule has 1 saturated heterocycles. The van der Waals surface area contributed by atoms with Crippen molar-refractivity contribution in [2.75, 3.05) is 13.2 Å². The minimum atomic E-state index is -1.62. The van der Waals surface area contributed by atoms with E-state index in [9.17, 15) is 35.1 Å². The lowest BCUT2D eigenvalue weighted by molar-refractivity contribution is -0.305. The molecule has 0 aliphatic carbocycles. The average Bonchev–Trinajstić information content (AvgIpc) is 3.44. The van der Waals surface area contributed by atoms with Gasteiger partial charge in [0.25, 0.3) is 0 Å². The Balaban J connectivity index is 2.64. The third kappa shape index (κ3) is 41.8. The van der Waals surface area contributed by atoms with Crippen LogP contribution < -0.4 is 5.32 Å². The number of carbonyl (C=O) groups excluding carboxylic acids is 2. The van der Waals surface area contributed by atoms with Crippen molar-refractivity contribution in [2.45, 2.75) is 314 Å². The summed E-state index contributed by atoms with van der Waals surface area (Å²) in [5.41, 5.74) is 0. The number of nitrogens with one attached hydrogen (secondary N) is 1. The molecule has 0 aromatic heterocycles. The molecule has 1 heterocycles. The molecule has 1 fully saturated rings. The van der Waals surface area contributed by atoms with E-state index in [-0.39, 0.29) is 19.4 Å². The summed E-state index contributed by atoms with van der Waals surface area (Å²) in [6.45, 7) is 5.66. The molecule has 0 bridgehead atoms. The molecule has 1 amide bonds. The van der Waals surface area contributed by atoms with Gasteiger partial charge in [-0.05, 0) is 77.0 Å². The van der Waals surface area contributed by atoms with E-state index < -0.39 is 67.4 Å². The van der Waals surface area contributed by atoms with Crippen LogP contribution in [0.3, 0.4) is 0 Å². The number of amides is 1. The maximum atomic E-state index is 13.4. The van der Waals surface area contributed by atoms with Crippen molar-refractivity contribution >= 4 is 11.9 Å². The van der Waals surface area contributed by atoms with Crippen LogP contribution in [0.15, 0.2) is 85.1 Å². The third-order valence-corrected chi connectivity index (χ3v) is 14.6. The molecule has 8 unspecified atom stereocenters. The molecule has 450 valence electrons. The van der Waals surface area contributed by atoms with Crippen molar-refractivity contribution in [2.24, 2.45) is 0 Å². The minimum absolute atomic E-state index is 0.122. The highest BCUT2D eigenvalue weighted by atomic mass is 16.7. The van der Waals surface area contributed by atoms with Crippen molar-refractivity contribution in [3.05, 3.63) is 85.1 Å². The Bertz CT molecular complexity index is 1590. The van der Waals surface area contributed by atoms with Gasteiger partial charge >= 0.3 is 5.97 Å². The number of esters is 1. The molecule has 1 aliphatic heterocycles. The molecule has 78 heavy (non-hydrogen) atoms. The Hall–Kier alpha value is -3.16. The molecule has 6 N–H and O–H groups in total. The van der Waals surface area contributed by atoms with E-state index in [0.717, 1.165) is 109 Å². The van der Waals surface area contributed by atoms with Gasteiger partial charge < -0.3 is 45.1 Å². The fraction of sp³-hybridized carbons (Fsp3) is 0.761. The minimum Gasteiger partial charge on any atom is -0.454 e. The van der Waals surface area contributed by atoms with Gasteiger partial charge in [-0.3, -0.25) is 9.59 Å². The smallest absolute Gasteiger partial charge is 0.306 e. The lowest BCUT2D eigenvalue weighted by atomic mass is 9.99. The molecular weight excluding hydrogens is 979 g/mol. The summed E-state index contributed by atoms with van der Waals surface area (Å²) in [6, 6.07) is -1.03. The fourth-order valence-electron chi connectivity index (χ4n) is 9.54. The summed E-state index contributed by atoms with van der Waals surface area (Å²) >= 11 is 0. The van der Waals surface area contributed by atoms with Crippen molar-refractivity contribution in [1.82, 2.24) is 5.32 Å². The van der Waals surface area contributed by atoms with Crippen LogP contribution in [0.4, 0.5) is 0 Å². The second-order valence-electron chi connectivity index (χ2n) is 21.8. The number of unbranched alkanes of at least 4 members (excludes halogenated alkanes) is 27. The van der Waals surface area contributed by atoms with Crippen LogP contribution in [0.2, 0.25) is 0 Å². The second-order valence-corrected chi connectivity index (χ2v) is 21.8. The van der Waals surface area contributed by atoms with E-state index in [4.69, 9.17) is 14.2 Å². The molecule has 0 saturated carbocycles. The number of carbonyl (C=O) groups is 2. The quantitative estimate of drug-likeness (QED) is 0.0195. The molecule has 0 radical (unpaired) electrons. The molecule has 0 aromatic carbocycles. The molecule has 1 rings (SSSR count). The summed E-state index contributed by atoms with van der Waals surface area (Å²) in [5, 5.41) is 57.0. The highest BCUT2D eigenvalue weighted by Gasteiger charge is 2.47. The SMILES string of the molecule is CC/C=C\C/C=C\C/C=C\C/C=C\C/C=C\C/C=C\CCCCCCCC(O)C(=O)NC(COC1OC(CO)C(O)C(O)C1OC(=O)CCCCCCCCCCCCCCCC)C(O)/C=C/CCCCCCCCCCC. The van der Waals surface area contributed by atoms with Crippen LogP contribution >= 0.6 is 0 Å². The largest absolute Gasteiger partial charge is 0.454 e. The van der Waals surface area contributed by atoms with E-state index in [1.807, 2.05) is 6.08 Å². The lowest BCUT2D eigenvalue weighted by Crippen LogP contribution is -2.61. The topological polar surface area (TPSA) is 175 Å². The molecule has 0 aromatic rings. The van der Waals surface area contributed by atoms with Gasteiger partial charge in [-0.15, -0.1) is 0 Å². The summed E-state index contributed by atoms with van der Waals surface area (Å²) in [4.78, 5) is 26.5. The van der Waals surface area contributed by atoms with E-state index >= 15 is 0 Å².